The molecule has 3 rings (SSSR count). The third-order valence-electron chi connectivity index (χ3n) is 5.66. The van der Waals surface area contributed by atoms with Gasteiger partial charge in [-0.25, -0.2) is 13.6 Å². The van der Waals surface area contributed by atoms with Crippen LogP contribution in [0.2, 0.25) is 0 Å². The number of hydrogen-bond acceptors (Lipinski definition) is 3. The van der Waals surface area contributed by atoms with Gasteiger partial charge < -0.3 is 20.9 Å². The van der Waals surface area contributed by atoms with E-state index in [1.807, 2.05) is 12.1 Å². The van der Waals surface area contributed by atoms with Crippen LogP contribution in [-0.2, 0) is 0 Å². The zero-order valence-corrected chi connectivity index (χ0v) is 17.3. The number of anilines is 1. The largest absolute Gasteiger partial charge is 0.378 e. The Balaban J connectivity index is 1.58. The molecule has 0 spiro atoms. The van der Waals surface area contributed by atoms with Crippen molar-refractivity contribution in [2.75, 3.05) is 38.5 Å². The van der Waals surface area contributed by atoms with Crippen molar-refractivity contribution in [3.63, 3.8) is 0 Å². The van der Waals surface area contributed by atoms with Crippen molar-refractivity contribution >= 4 is 11.7 Å². The van der Waals surface area contributed by atoms with Crippen molar-refractivity contribution in [2.45, 2.75) is 25.3 Å². The fourth-order valence-corrected chi connectivity index (χ4v) is 3.97. The van der Waals surface area contributed by atoms with E-state index >= 15 is 0 Å². The molecule has 30 heavy (non-hydrogen) atoms. The van der Waals surface area contributed by atoms with Gasteiger partial charge in [-0.3, -0.25) is 0 Å². The van der Waals surface area contributed by atoms with E-state index in [1.54, 1.807) is 19.2 Å². The fourth-order valence-electron chi connectivity index (χ4n) is 3.97. The van der Waals surface area contributed by atoms with Crippen LogP contribution in [0.15, 0.2) is 48.5 Å². The van der Waals surface area contributed by atoms with E-state index < -0.39 is 0 Å². The van der Waals surface area contributed by atoms with Crippen LogP contribution in [0.25, 0.3) is 0 Å². The summed E-state index contributed by atoms with van der Waals surface area (Å²) >= 11 is 0. The van der Waals surface area contributed by atoms with Crippen LogP contribution in [-0.4, -0.2) is 44.2 Å². The van der Waals surface area contributed by atoms with Crippen LogP contribution >= 0.6 is 0 Å². The Morgan fingerprint density at radius 1 is 1.03 bits per heavy atom. The molecule has 2 amide bonds. The molecule has 0 aliphatic carbocycles. The van der Waals surface area contributed by atoms with Crippen molar-refractivity contribution in [1.82, 2.24) is 15.5 Å². The van der Waals surface area contributed by atoms with Gasteiger partial charge in [-0.05, 0) is 86.8 Å². The number of urea groups is 1. The van der Waals surface area contributed by atoms with E-state index in [2.05, 4.69) is 20.9 Å². The maximum atomic E-state index is 13.4. The number of likely N-dealkylation sites (tertiary alicyclic amines) is 1. The normalized spacial score (nSPS) is 16.1. The Kier molecular flexibility index (Phi) is 8.02. The number of hydrogen-bond donors (Lipinski definition) is 3. The lowest BCUT2D eigenvalue weighted by Gasteiger charge is -2.37. The first-order chi connectivity index (χ1) is 14.5. The van der Waals surface area contributed by atoms with Crippen molar-refractivity contribution in [2.24, 2.45) is 5.92 Å². The van der Waals surface area contributed by atoms with E-state index in [4.69, 9.17) is 0 Å². The Bertz CT molecular complexity index is 790. The highest BCUT2D eigenvalue weighted by atomic mass is 19.1. The fraction of sp³-hybridized carbons (Fsp3) is 0.435. The highest BCUT2D eigenvalue weighted by Crippen LogP contribution is 2.34. The van der Waals surface area contributed by atoms with Gasteiger partial charge in [0.05, 0.1) is 6.04 Å². The molecule has 1 saturated heterocycles. The number of nitrogens with zero attached hydrogens (tertiary/aromatic N) is 1. The quantitative estimate of drug-likeness (QED) is 0.567. The van der Waals surface area contributed by atoms with Gasteiger partial charge >= 0.3 is 6.03 Å². The van der Waals surface area contributed by atoms with E-state index in [0.29, 0.717) is 12.5 Å². The van der Waals surface area contributed by atoms with Crippen LogP contribution in [0.4, 0.5) is 19.3 Å². The van der Waals surface area contributed by atoms with Gasteiger partial charge in [-0.1, -0.05) is 12.1 Å². The lowest BCUT2D eigenvalue weighted by molar-refractivity contribution is 0.171. The lowest BCUT2D eigenvalue weighted by atomic mass is 9.85. The smallest absolute Gasteiger partial charge is 0.314 e. The van der Waals surface area contributed by atoms with Crippen LogP contribution in [0.3, 0.4) is 0 Å². The Labute approximate surface area is 176 Å². The Morgan fingerprint density at radius 2 is 1.63 bits per heavy atom. The van der Waals surface area contributed by atoms with Crippen molar-refractivity contribution < 1.29 is 13.6 Å². The molecule has 7 heteroatoms. The molecule has 1 atom stereocenters. The summed E-state index contributed by atoms with van der Waals surface area (Å²) in [5, 5.41) is 8.90. The maximum Gasteiger partial charge on any atom is 0.314 e. The number of amides is 2. The van der Waals surface area contributed by atoms with E-state index in [1.165, 1.54) is 24.3 Å². The number of benzene rings is 2. The van der Waals surface area contributed by atoms with E-state index in [9.17, 15) is 13.6 Å². The SMILES string of the molecule is CNC(=O)NCCCN1CCC(C(Nc2ccc(F)cc2)c2ccc(F)cc2)CC1. The molecular weight excluding hydrogens is 386 g/mol. The van der Waals surface area contributed by atoms with Crippen molar-refractivity contribution in [3.8, 4) is 0 Å². The monoisotopic (exact) mass is 416 g/mol. The van der Waals surface area contributed by atoms with Gasteiger partial charge in [0.15, 0.2) is 0 Å². The average Bonchev–Trinajstić information content (AvgIpc) is 2.77. The molecule has 1 fully saturated rings. The molecule has 0 bridgehead atoms. The number of halogens is 2. The molecule has 1 heterocycles. The number of piperidine rings is 1. The minimum absolute atomic E-state index is 0.0353. The number of carbonyl (C=O) groups is 1. The van der Waals surface area contributed by atoms with Gasteiger partial charge in [0.1, 0.15) is 11.6 Å². The summed E-state index contributed by atoms with van der Waals surface area (Å²) in [6.45, 7) is 3.56. The zero-order chi connectivity index (χ0) is 21.3. The summed E-state index contributed by atoms with van der Waals surface area (Å²) in [5.41, 5.74) is 1.89. The van der Waals surface area contributed by atoms with Crippen LogP contribution in [0, 0.1) is 17.6 Å². The predicted octanol–water partition coefficient (Wildman–Crippen LogP) is 4.15. The second kappa shape index (κ2) is 10.9. The molecule has 1 aliphatic rings. The predicted molar refractivity (Wildman–Crippen MR) is 115 cm³/mol. The van der Waals surface area contributed by atoms with E-state index in [0.717, 1.165) is 50.1 Å². The second-order valence-electron chi connectivity index (χ2n) is 7.72. The zero-order valence-electron chi connectivity index (χ0n) is 17.3. The summed E-state index contributed by atoms with van der Waals surface area (Å²) in [6.07, 6.45) is 2.94. The third kappa shape index (κ3) is 6.42. The molecule has 1 aliphatic heterocycles. The van der Waals surface area contributed by atoms with Gasteiger partial charge in [0.25, 0.3) is 0 Å². The highest BCUT2D eigenvalue weighted by molar-refractivity contribution is 5.73. The minimum atomic E-state index is -0.266. The van der Waals surface area contributed by atoms with Crippen LogP contribution in [0.1, 0.15) is 30.9 Å². The Morgan fingerprint density at radius 3 is 2.23 bits per heavy atom. The number of nitrogens with one attached hydrogen (secondary N) is 3. The minimum Gasteiger partial charge on any atom is -0.378 e. The Hall–Kier alpha value is -2.67. The first kappa shape index (κ1) is 22.0. The topological polar surface area (TPSA) is 56.4 Å². The molecule has 0 aromatic heterocycles. The molecule has 1 unspecified atom stereocenters. The maximum absolute atomic E-state index is 13.4. The first-order valence-corrected chi connectivity index (χ1v) is 10.5. The van der Waals surface area contributed by atoms with Crippen LogP contribution in [0.5, 0.6) is 0 Å². The molecule has 0 saturated carbocycles. The summed E-state index contributed by atoms with van der Waals surface area (Å²) in [4.78, 5) is 13.6. The van der Waals surface area contributed by atoms with Crippen molar-refractivity contribution in [1.29, 1.82) is 0 Å². The summed E-state index contributed by atoms with van der Waals surface area (Å²) in [5.74, 6) is -0.127. The molecule has 162 valence electrons. The van der Waals surface area contributed by atoms with E-state index in [-0.39, 0.29) is 23.7 Å². The van der Waals surface area contributed by atoms with Gasteiger partial charge in [0.2, 0.25) is 0 Å². The molecule has 3 N–H and O–H groups in total. The van der Waals surface area contributed by atoms with Gasteiger partial charge in [0, 0.05) is 19.3 Å². The second-order valence-corrected chi connectivity index (χ2v) is 7.72. The molecule has 2 aromatic carbocycles. The standard InChI is InChI=1S/C23H30F2N4O/c1-26-23(30)27-13-2-14-29-15-11-18(12-16-29)22(17-3-5-19(24)6-4-17)28-21-9-7-20(25)8-10-21/h3-10,18,22,28H,2,11-16H2,1H3,(H2,26,27,30). The van der Waals surface area contributed by atoms with Crippen molar-refractivity contribution in [3.05, 3.63) is 65.7 Å². The first-order valence-electron chi connectivity index (χ1n) is 10.5. The average molecular weight is 417 g/mol. The lowest BCUT2D eigenvalue weighted by Crippen LogP contribution is -2.39. The third-order valence-corrected chi connectivity index (χ3v) is 5.66. The number of carbonyl (C=O) groups excluding carboxylic acids is 1. The molecular formula is C23H30F2N4O. The van der Waals surface area contributed by atoms with Gasteiger partial charge in [-0.2, -0.15) is 0 Å². The van der Waals surface area contributed by atoms with Crippen LogP contribution < -0.4 is 16.0 Å². The number of rotatable bonds is 8. The van der Waals surface area contributed by atoms with Gasteiger partial charge in [-0.15, -0.1) is 0 Å². The highest BCUT2D eigenvalue weighted by Gasteiger charge is 2.27. The molecule has 2 aromatic rings. The molecule has 0 radical (unpaired) electrons. The summed E-state index contributed by atoms with van der Waals surface area (Å²) in [6, 6.07) is 12.9. The molecule has 5 nitrogen and oxygen atoms in total. The summed E-state index contributed by atoms with van der Waals surface area (Å²) < 4.78 is 26.7. The summed E-state index contributed by atoms with van der Waals surface area (Å²) in [7, 11) is 1.61.